The van der Waals surface area contributed by atoms with Crippen LogP contribution in [-0.4, -0.2) is 36.4 Å². The second-order valence-electron chi connectivity index (χ2n) is 10.0. The van der Waals surface area contributed by atoms with E-state index in [9.17, 15) is 10.0 Å². The first-order valence-corrected chi connectivity index (χ1v) is 12.4. The standard InChI is InChI=1S/C28H33N5O2/c29-22-10-12-23(13-11-22)32-28(34)26-16-20-8-9-21(27(30)31)17-25(20)33(26,35)15-14-19-6-3-5-18-4-1-2-7-24(18)19/h1-9,17,22-23,26H,10-16,29H2,(H3,30,31)(H,32,34). The van der Waals surface area contributed by atoms with Crippen molar-refractivity contribution in [3.05, 3.63) is 82.6 Å². The zero-order valence-electron chi connectivity index (χ0n) is 19.9. The van der Waals surface area contributed by atoms with E-state index in [1.807, 2.05) is 24.3 Å². The topological polar surface area (TPSA) is 128 Å². The molecule has 0 radical (unpaired) electrons. The van der Waals surface area contributed by atoms with E-state index < -0.39 is 10.7 Å². The molecule has 0 bridgehead atoms. The number of rotatable bonds is 6. The highest BCUT2D eigenvalue weighted by atomic mass is 16.6. The lowest BCUT2D eigenvalue weighted by molar-refractivity contribution is -0.125. The number of benzene rings is 3. The number of amidine groups is 1. The Hall–Kier alpha value is -3.26. The summed E-state index contributed by atoms with van der Waals surface area (Å²) in [6, 6.07) is 19.1. The fraction of sp³-hybridized carbons (Fsp3) is 0.357. The summed E-state index contributed by atoms with van der Waals surface area (Å²) in [6.07, 6.45) is 4.37. The van der Waals surface area contributed by atoms with E-state index in [-0.39, 0.29) is 30.4 Å². The molecule has 1 saturated carbocycles. The van der Waals surface area contributed by atoms with E-state index in [2.05, 4.69) is 29.6 Å². The van der Waals surface area contributed by atoms with Gasteiger partial charge in [0, 0.05) is 42.1 Å². The Kier molecular flexibility index (Phi) is 6.32. The lowest BCUT2D eigenvalue weighted by Gasteiger charge is -2.44. The number of hydroxylamine groups is 2. The highest BCUT2D eigenvalue weighted by Crippen LogP contribution is 2.40. The Morgan fingerprint density at radius 1 is 1.06 bits per heavy atom. The predicted molar refractivity (Wildman–Crippen MR) is 141 cm³/mol. The highest BCUT2D eigenvalue weighted by Gasteiger charge is 2.45. The van der Waals surface area contributed by atoms with Crippen LogP contribution < -0.4 is 21.4 Å². The summed E-state index contributed by atoms with van der Waals surface area (Å²) in [7, 11) is 0. The molecule has 3 aromatic rings. The van der Waals surface area contributed by atoms with Gasteiger partial charge in [-0.1, -0.05) is 54.6 Å². The van der Waals surface area contributed by atoms with Gasteiger partial charge in [0.05, 0.1) is 6.54 Å². The predicted octanol–water partition coefficient (Wildman–Crippen LogP) is 3.48. The first kappa shape index (κ1) is 23.5. The molecule has 0 aromatic heterocycles. The molecule has 2 unspecified atom stereocenters. The van der Waals surface area contributed by atoms with Gasteiger partial charge in [-0.15, -0.1) is 0 Å². The SMILES string of the molecule is N=C(N)c1ccc2c(c1)[N+]([O-])(CCc1cccc3ccccc13)C(C(=O)NC1CCC(N)CC1)C2. The van der Waals surface area contributed by atoms with Crippen molar-refractivity contribution in [2.75, 3.05) is 6.54 Å². The molecule has 1 heterocycles. The minimum atomic E-state index is -0.766. The van der Waals surface area contributed by atoms with Gasteiger partial charge in [0.1, 0.15) is 11.5 Å². The van der Waals surface area contributed by atoms with Gasteiger partial charge in [-0.05, 0) is 42.0 Å². The van der Waals surface area contributed by atoms with Gasteiger partial charge in [0.2, 0.25) is 0 Å². The fourth-order valence-corrected chi connectivity index (χ4v) is 5.70. The number of carbonyl (C=O) groups is 1. The van der Waals surface area contributed by atoms with E-state index in [1.54, 1.807) is 12.1 Å². The van der Waals surface area contributed by atoms with E-state index in [1.165, 1.54) is 0 Å². The normalized spacial score (nSPS) is 25.8. The van der Waals surface area contributed by atoms with Crippen molar-refractivity contribution in [3.63, 3.8) is 0 Å². The Morgan fingerprint density at radius 3 is 2.57 bits per heavy atom. The van der Waals surface area contributed by atoms with Crippen LogP contribution in [0.25, 0.3) is 10.8 Å². The van der Waals surface area contributed by atoms with E-state index in [4.69, 9.17) is 16.9 Å². The van der Waals surface area contributed by atoms with Crippen molar-refractivity contribution in [2.45, 2.75) is 56.7 Å². The molecule has 2 atom stereocenters. The van der Waals surface area contributed by atoms with Gasteiger partial charge < -0.3 is 26.6 Å². The largest absolute Gasteiger partial charge is 0.627 e. The number of nitrogens with zero attached hydrogens (tertiary/aromatic N) is 1. The van der Waals surface area contributed by atoms with Crippen LogP contribution in [0, 0.1) is 10.6 Å². The van der Waals surface area contributed by atoms with Crippen LogP contribution in [0.4, 0.5) is 5.69 Å². The van der Waals surface area contributed by atoms with Crippen molar-refractivity contribution < 1.29 is 4.79 Å². The Morgan fingerprint density at radius 2 is 1.80 bits per heavy atom. The average molecular weight is 472 g/mol. The molecular formula is C28H33N5O2. The molecule has 0 saturated heterocycles. The molecular weight excluding hydrogens is 438 g/mol. The number of nitrogen functional groups attached to an aromatic ring is 1. The van der Waals surface area contributed by atoms with E-state index in [0.29, 0.717) is 24.1 Å². The summed E-state index contributed by atoms with van der Waals surface area (Å²) in [5.41, 5.74) is 14.8. The number of nitrogens with two attached hydrogens (primary N) is 2. The van der Waals surface area contributed by atoms with Gasteiger partial charge in [0.25, 0.3) is 5.91 Å². The van der Waals surface area contributed by atoms with Gasteiger partial charge in [0.15, 0.2) is 6.04 Å². The molecule has 1 fully saturated rings. The molecule has 1 amide bonds. The quantitative estimate of drug-likeness (QED) is 0.190. The Labute approximate surface area is 205 Å². The van der Waals surface area contributed by atoms with Crippen LogP contribution in [0.1, 0.15) is 42.4 Å². The van der Waals surface area contributed by atoms with Gasteiger partial charge in [-0.25, -0.2) is 0 Å². The third-order valence-corrected chi connectivity index (χ3v) is 7.73. The van der Waals surface area contributed by atoms with Crippen molar-refractivity contribution >= 4 is 28.2 Å². The number of amides is 1. The molecule has 7 nitrogen and oxygen atoms in total. The third-order valence-electron chi connectivity index (χ3n) is 7.73. The van der Waals surface area contributed by atoms with Crippen LogP contribution in [0.15, 0.2) is 60.7 Å². The molecule has 6 N–H and O–H groups in total. The highest BCUT2D eigenvalue weighted by molar-refractivity contribution is 5.97. The number of nitrogens with one attached hydrogen (secondary N) is 2. The first-order valence-electron chi connectivity index (χ1n) is 12.4. The number of hydrogen-bond acceptors (Lipinski definition) is 4. The summed E-state index contributed by atoms with van der Waals surface area (Å²) in [5, 5.41) is 27.9. The number of carbonyl (C=O) groups excluding carboxylic acids is 1. The van der Waals surface area contributed by atoms with Crippen molar-refractivity contribution in [1.82, 2.24) is 9.96 Å². The van der Waals surface area contributed by atoms with E-state index in [0.717, 1.165) is 47.6 Å². The monoisotopic (exact) mass is 471 g/mol. The van der Waals surface area contributed by atoms with Crippen molar-refractivity contribution in [1.29, 1.82) is 5.41 Å². The molecule has 1 aliphatic carbocycles. The number of quaternary nitrogens is 1. The van der Waals surface area contributed by atoms with Crippen LogP contribution >= 0.6 is 0 Å². The van der Waals surface area contributed by atoms with Gasteiger partial charge >= 0.3 is 0 Å². The Balaban J connectivity index is 1.45. The second-order valence-corrected chi connectivity index (χ2v) is 10.0. The number of fused-ring (bicyclic) bond motifs is 2. The van der Waals surface area contributed by atoms with E-state index >= 15 is 0 Å². The summed E-state index contributed by atoms with van der Waals surface area (Å²) in [6.45, 7) is 0.232. The van der Waals surface area contributed by atoms with Crippen molar-refractivity contribution in [3.8, 4) is 0 Å². The van der Waals surface area contributed by atoms with Gasteiger partial charge in [-0.3, -0.25) is 10.2 Å². The summed E-state index contributed by atoms with van der Waals surface area (Å²) in [4.78, 5) is 13.5. The fourth-order valence-electron chi connectivity index (χ4n) is 5.70. The first-order chi connectivity index (χ1) is 16.8. The lowest BCUT2D eigenvalue weighted by Crippen LogP contribution is -2.59. The maximum atomic E-state index is 14.6. The minimum absolute atomic E-state index is 0.0605. The summed E-state index contributed by atoms with van der Waals surface area (Å²) in [5.74, 6) is -0.279. The minimum Gasteiger partial charge on any atom is -0.627 e. The van der Waals surface area contributed by atoms with Crippen molar-refractivity contribution in [2.24, 2.45) is 11.5 Å². The molecule has 182 valence electrons. The average Bonchev–Trinajstić information content (AvgIpc) is 3.16. The number of hydrogen-bond donors (Lipinski definition) is 4. The Bertz CT molecular complexity index is 1260. The summed E-state index contributed by atoms with van der Waals surface area (Å²) >= 11 is 0. The maximum Gasteiger partial charge on any atom is 0.279 e. The molecule has 5 rings (SSSR count). The third kappa shape index (κ3) is 4.55. The molecule has 2 aliphatic rings. The zero-order chi connectivity index (χ0) is 24.6. The molecule has 0 spiro atoms. The second kappa shape index (κ2) is 9.41. The molecule has 3 aromatic carbocycles. The molecule has 7 heteroatoms. The summed E-state index contributed by atoms with van der Waals surface area (Å²) < 4.78 is -0.738. The maximum absolute atomic E-state index is 14.6. The van der Waals surface area contributed by atoms with Crippen LogP contribution in [0.5, 0.6) is 0 Å². The van der Waals surface area contributed by atoms with Crippen LogP contribution in [0.2, 0.25) is 0 Å². The lowest BCUT2D eigenvalue weighted by atomic mass is 9.91. The van der Waals surface area contributed by atoms with Gasteiger partial charge in [-0.2, -0.15) is 0 Å². The molecule has 35 heavy (non-hydrogen) atoms. The van der Waals surface area contributed by atoms with Crippen LogP contribution in [-0.2, 0) is 17.6 Å². The smallest absolute Gasteiger partial charge is 0.279 e. The molecule has 1 aliphatic heterocycles. The zero-order valence-corrected chi connectivity index (χ0v) is 19.9. The van der Waals surface area contributed by atoms with Crippen LogP contribution in [0.3, 0.4) is 0 Å².